The fraction of sp³-hybridized carbons (Fsp3) is 0.500. The minimum atomic E-state index is 0.177. The van der Waals surface area contributed by atoms with Crippen molar-refractivity contribution in [3.8, 4) is 0 Å². The summed E-state index contributed by atoms with van der Waals surface area (Å²) in [4.78, 5) is 12.2. The molecular formula is C14H19ClO. The molecule has 0 saturated carbocycles. The second kappa shape index (κ2) is 6.70. The zero-order valence-electron chi connectivity index (χ0n) is 10.0. The first-order chi connectivity index (χ1) is 7.69. The van der Waals surface area contributed by atoms with Gasteiger partial charge in [0.25, 0.3) is 0 Å². The maximum Gasteiger partial charge on any atom is 0.165 e. The molecule has 0 aliphatic rings. The molecule has 1 rings (SSSR count). The van der Waals surface area contributed by atoms with Gasteiger partial charge in [-0.3, -0.25) is 4.79 Å². The van der Waals surface area contributed by atoms with E-state index in [-0.39, 0.29) is 11.7 Å². The SMILES string of the molecule is CCCC(CCC)C(=O)c1ccc(Cl)cc1. The Morgan fingerprint density at radius 3 is 2.06 bits per heavy atom. The second-order valence-electron chi connectivity index (χ2n) is 4.15. The fourth-order valence-corrected chi connectivity index (χ4v) is 2.08. The Morgan fingerprint density at radius 1 is 1.12 bits per heavy atom. The number of benzene rings is 1. The van der Waals surface area contributed by atoms with Gasteiger partial charge in [-0.05, 0) is 37.1 Å². The van der Waals surface area contributed by atoms with Crippen molar-refractivity contribution in [2.24, 2.45) is 5.92 Å². The number of halogens is 1. The van der Waals surface area contributed by atoms with Gasteiger partial charge in [0.1, 0.15) is 0 Å². The van der Waals surface area contributed by atoms with E-state index >= 15 is 0 Å². The normalized spacial score (nSPS) is 10.8. The Hall–Kier alpha value is -0.820. The van der Waals surface area contributed by atoms with Crippen molar-refractivity contribution in [3.05, 3.63) is 34.9 Å². The first-order valence-electron chi connectivity index (χ1n) is 5.98. The third-order valence-corrected chi connectivity index (χ3v) is 3.03. The molecule has 1 aromatic rings. The van der Waals surface area contributed by atoms with Crippen LogP contribution in [0.1, 0.15) is 49.9 Å². The lowest BCUT2D eigenvalue weighted by Gasteiger charge is -2.13. The van der Waals surface area contributed by atoms with Crippen molar-refractivity contribution < 1.29 is 4.79 Å². The van der Waals surface area contributed by atoms with Gasteiger partial charge in [0.05, 0.1) is 0 Å². The Morgan fingerprint density at radius 2 is 1.62 bits per heavy atom. The van der Waals surface area contributed by atoms with Gasteiger partial charge in [-0.25, -0.2) is 0 Å². The molecule has 16 heavy (non-hydrogen) atoms. The lowest BCUT2D eigenvalue weighted by Crippen LogP contribution is -2.14. The average Bonchev–Trinajstić information content (AvgIpc) is 2.29. The fourth-order valence-electron chi connectivity index (χ4n) is 1.95. The van der Waals surface area contributed by atoms with Crippen LogP contribution in [0.5, 0.6) is 0 Å². The van der Waals surface area contributed by atoms with E-state index in [0.717, 1.165) is 31.2 Å². The Balaban J connectivity index is 2.77. The van der Waals surface area contributed by atoms with Crippen LogP contribution >= 0.6 is 11.6 Å². The summed E-state index contributed by atoms with van der Waals surface area (Å²) in [7, 11) is 0. The standard InChI is InChI=1S/C14H19ClO/c1-3-5-11(6-4-2)14(16)12-7-9-13(15)10-8-12/h7-11H,3-6H2,1-2H3. The highest BCUT2D eigenvalue weighted by atomic mass is 35.5. The van der Waals surface area contributed by atoms with E-state index in [1.807, 2.05) is 12.1 Å². The molecule has 0 spiro atoms. The average molecular weight is 239 g/mol. The first-order valence-corrected chi connectivity index (χ1v) is 6.36. The van der Waals surface area contributed by atoms with Gasteiger partial charge >= 0.3 is 0 Å². The van der Waals surface area contributed by atoms with E-state index in [4.69, 9.17) is 11.6 Å². The molecule has 0 amide bonds. The first kappa shape index (κ1) is 13.2. The molecule has 0 N–H and O–H groups in total. The van der Waals surface area contributed by atoms with Gasteiger partial charge in [0, 0.05) is 16.5 Å². The molecule has 0 saturated heterocycles. The van der Waals surface area contributed by atoms with Crippen molar-refractivity contribution in [2.75, 3.05) is 0 Å². The van der Waals surface area contributed by atoms with Crippen molar-refractivity contribution in [1.82, 2.24) is 0 Å². The van der Waals surface area contributed by atoms with E-state index < -0.39 is 0 Å². The van der Waals surface area contributed by atoms with E-state index in [9.17, 15) is 4.79 Å². The Bertz CT molecular complexity index is 323. The molecule has 0 aliphatic carbocycles. The summed E-state index contributed by atoms with van der Waals surface area (Å²) in [5, 5.41) is 0.680. The largest absolute Gasteiger partial charge is 0.294 e. The van der Waals surface area contributed by atoms with E-state index in [1.54, 1.807) is 12.1 Å². The summed E-state index contributed by atoms with van der Waals surface area (Å²) < 4.78 is 0. The lowest BCUT2D eigenvalue weighted by molar-refractivity contribution is 0.0905. The predicted octanol–water partition coefficient (Wildman–Crippen LogP) is 4.74. The van der Waals surface area contributed by atoms with Crippen LogP contribution in [-0.2, 0) is 0 Å². The number of carbonyl (C=O) groups is 1. The molecule has 0 atom stereocenters. The molecule has 1 aromatic carbocycles. The summed E-state index contributed by atoms with van der Waals surface area (Å²) in [5.74, 6) is 0.441. The summed E-state index contributed by atoms with van der Waals surface area (Å²) in [6.45, 7) is 4.25. The highest BCUT2D eigenvalue weighted by Crippen LogP contribution is 2.20. The Kier molecular flexibility index (Phi) is 5.54. The third-order valence-electron chi connectivity index (χ3n) is 2.77. The highest BCUT2D eigenvalue weighted by molar-refractivity contribution is 6.30. The van der Waals surface area contributed by atoms with Crippen molar-refractivity contribution in [3.63, 3.8) is 0 Å². The number of carbonyl (C=O) groups excluding carboxylic acids is 1. The van der Waals surface area contributed by atoms with Crippen molar-refractivity contribution in [2.45, 2.75) is 39.5 Å². The minimum absolute atomic E-state index is 0.177. The van der Waals surface area contributed by atoms with Crippen LogP contribution in [0.3, 0.4) is 0 Å². The maximum absolute atomic E-state index is 12.2. The van der Waals surface area contributed by atoms with Crippen LogP contribution in [0.4, 0.5) is 0 Å². The molecule has 0 radical (unpaired) electrons. The van der Waals surface area contributed by atoms with E-state index in [1.165, 1.54) is 0 Å². The van der Waals surface area contributed by atoms with Gasteiger partial charge in [0.2, 0.25) is 0 Å². The molecule has 0 fully saturated rings. The molecule has 0 aliphatic heterocycles. The highest BCUT2D eigenvalue weighted by Gasteiger charge is 2.17. The summed E-state index contributed by atoms with van der Waals surface area (Å²) in [6, 6.07) is 7.21. The summed E-state index contributed by atoms with van der Waals surface area (Å²) in [5.41, 5.74) is 0.788. The number of hydrogen-bond acceptors (Lipinski definition) is 1. The zero-order chi connectivity index (χ0) is 12.0. The molecule has 2 heteroatoms. The third kappa shape index (κ3) is 3.64. The minimum Gasteiger partial charge on any atom is -0.294 e. The van der Waals surface area contributed by atoms with E-state index in [2.05, 4.69) is 13.8 Å². The number of hydrogen-bond donors (Lipinski definition) is 0. The topological polar surface area (TPSA) is 17.1 Å². The van der Waals surface area contributed by atoms with Crippen LogP contribution < -0.4 is 0 Å². The van der Waals surface area contributed by atoms with Gasteiger partial charge in [-0.15, -0.1) is 0 Å². The van der Waals surface area contributed by atoms with Gasteiger partial charge < -0.3 is 0 Å². The van der Waals surface area contributed by atoms with Crippen LogP contribution in [0.2, 0.25) is 5.02 Å². The molecule has 0 bridgehead atoms. The molecule has 1 nitrogen and oxygen atoms in total. The van der Waals surface area contributed by atoms with Gasteiger partial charge in [-0.1, -0.05) is 38.3 Å². The van der Waals surface area contributed by atoms with Gasteiger partial charge in [-0.2, -0.15) is 0 Å². The van der Waals surface area contributed by atoms with Gasteiger partial charge in [0.15, 0.2) is 5.78 Å². The van der Waals surface area contributed by atoms with Crippen molar-refractivity contribution in [1.29, 1.82) is 0 Å². The predicted molar refractivity (Wildman–Crippen MR) is 69.1 cm³/mol. The quantitative estimate of drug-likeness (QED) is 0.655. The molecule has 0 heterocycles. The Labute approximate surface area is 103 Å². The molecular weight excluding hydrogens is 220 g/mol. The molecule has 0 unspecified atom stereocenters. The smallest absolute Gasteiger partial charge is 0.165 e. The number of ketones is 1. The lowest BCUT2D eigenvalue weighted by atomic mass is 9.90. The molecule has 0 aromatic heterocycles. The van der Waals surface area contributed by atoms with Crippen LogP contribution in [0.15, 0.2) is 24.3 Å². The van der Waals surface area contributed by atoms with E-state index in [0.29, 0.717) is 5.02 Å². The summed E-state index contributed by atoms with van der Waals surface area (Å²) >= 11 is 5.81. The van der Waals surface area contributed by atoms with Crippen LogP contribution in [-0.4, -0.2) is 5.78 Å². The van der Waals surface area contributed by atoms with Crippen LogP contribution in [0.25, 0.3) is 0 Å². The summed E-state index contributed by atoms with van der Waals surface area (Å²) in [6.07, 6.45) is 4.08. The maximum atomic E-state index is 12.2. The van der Waals surface area contributed by atoms with Crippen LogP contribution in [0, 0.1) is 5.92 Å². The number of rotatable bonds is 6. The number of Topliss-reactive ketones (excluding diaryl/α,β-unsaturated/α-hetero) is 1. The van der Waals surface area contributed by atoms with Crippen molar-refractivity contribution >= 4 is 17.4 Å². The zero-order valence-corrected chi connectivity index (χ0v) is 10.8. The molecule has 88 valence electrons. The monoisotopic (exact) mass is 238 g/mol. The second-order valence-corrected chi connectivity index (χ2v) is 4.58.